The lowest BCUT2D eigenvalue weighted by atomic mass is 10.2. The van der Waals surface area contributed by atoms with Gasteiger partial charge in [0.05, 0.1) is 22.4 Å². The molecule has 2 aromatic carbocycles. The minimum absolute atomic E-state index is 0.0219. The normalized spacial score (nSPS) is 10.5. The molecule has 0 bridgehead atoms. The van der Waals surface area contributed by atoms with E-state index in [-0.39, 0.29) is 11.4 Å². The molecule has 0 saturated carbocycles. The second kappa shape index (κ2) is 7.35. The number of aromatic nitrogens is 2. The van der Waals surface area contributed by atoms with Crippen LogP contribution in [0.3, 0.4) is 0 Å². The van der Waals surface area contributed by atoms with E-state index in [4.69, 9.17) is 0 Å². The molecule has 2 N–H and O–H groups in total. The van der Waals surface area contributed by atoms with Gasteiger partial charge in [-0.25, -0.2) is 13.9 Å². The smallest absolute Gasteiger partial charge is 0.302 e. The Bertz CT molecular complexity index is 1120. The van der Waals surface area contributed by atoms with Crippen molar-refractivity contribution >= 4 is 23.1 Å². The lowest BCUT2D eigenvalue weighted by Gasteiger charge is -2.07. The predicted molar refractivity (Wildman–Crippen MR) is 101 cm³/mol. The first-order chi connectivity index (χ1) is 13.3. The Morgan fingerprint density at radius 2 is 1.82 bits per heavy atom. The van der Waals surface area contributed by atoms with Crippen molar-refractivity contribution in [3.63, 3.8) is 0 Å². The number of carbonyl (C=O) groups excluding carboxylic acids is 1. The number of amides is 2. The Labute approximate surface area is 158 Å². The maximum Gasteiger partial charge on any atom is 0.324 e. The topological polar surface area (TPSA) is 111 Å². The minimum Gasteiger partial charge on any atom is -0.302 e. The maximum atomic E-state index is 13.2. The molecule has 28 heavy (non-hydrogen) atoms. The van der Waals surface area contributed by atoms with Gasteiger partial charge in [0, 0.05) is 7.05 Å². The number of hydrogen-bond acceptors (Lipinski definition) is 4. The molecule has 0 spiro atoms. The maximum absolute atomic E-state index is 13.2. The molecule has 0 aliphatic heterocycles. The van der Waals surface area contributed by atoms with E-state index in [1.165, 1.54) is 4.68 Å². The number of nitro groups is 1. The summed E-state index contributed by atoms with van der Waals surface area (Å²) in [4.78, 5) is 35.3. The fourth-order valence-corrected chi connectivity index (χ4v) is 2.74. The van der Waals surface area contributed by atoms with E-state index in [0.717, 1.165) is 12.1 Å². The molecule has 0 atom stereocenters. The van der Waals surface area contributed by atoms with Gasteiger partial charge in [0.25, 0.3) is 11.2 Å². The second-order valence-electron chi connectivity index (χ2n) is 5.93. The summed E-state index contributed by atoms with van der Waals surface area (Å²) in [5.74, 6) is -0.803. The molecule has 3 aromatic rings. The molecular weight excluding hydrogens is 369 g/mol. The molecule has 0 radical (unpaired) electrons. The molecule has 1 heterocycles. The summed E-state index contributed by atoms with van der Waals surface area (Å²) in [6.07, 6.45) is 0. The van der Waals surface area contributed by atoms with Crippen molar-refractivity contribution < 1.29 is 14.1 Å². The fraction of sp³-hybridized carbons (Fsp3) is 0.111. The highest BCUT2D eigenvalue weighted by Gasteiger charge is 2.21. The zero-order chi connectivity index (χ0) is 20.4. The van der Waals surface area contributed by atoms with Gasteiger partial charge in [-0.05, 0) is 31.2 Å². The van der Waals surface area contributed by atoms with Crippen LogP contribution in [0, 0.1) is 22.9 Å². The highest BCUT2D eigenvalue weighted by molar-refractivity contribution is 6.01. The Balaban J connectivity index is 1.90. The van der Waals surface area contributed by atoms with E-state index in [1.807, 2.05) is 6.07 Å². The number of urea groups is 1. The molecule has 2 amide bonds. The third kappa shape index (κ3) is 3.47. The van der Waals surface area contributed by atoms with Gasteiger partial charge in [0.15, 0.2) is 0 Å². The lowest BCUT2D eigenvalue weighted by molar-refractivity contribution is -0.384. The average molecular weight is 385 g/mol. The second-order valence-corrected chi connectivity index (χ2v) is 5.93. The van der Waals surface area contributed by atoms with E-state index in [1.54, 1.807) is 42.9 Å². The van der Waals surface area contributed by atoms with Crippen molar-refractivity contribution in [1.82, 2.24) is 9.36 Å². The van der Waals surface area contributed by atoms with Gasteiger partial charge in [0.2, 0.25) is 0 Å². The van der Waals surface area contributed by atoms with Gasteiger partial charge in [0.1, 0.15) is 17.2 Å². The molecule has 1 aromatic heterocycles. The van der Waals surface area contributed by atoms with Crippen molar-refractivity contribution in [2.45, 2.75) is 6.92 Å². The lowest BCUT2D eigenvalue weighted by Crippen LogP contribution is -2.25. The van der Waals surface area contributed by atoms with Crippen LogP contribution in [0.4, 0.5) is 26.2 Å². The summed E-state index contributed by atoms with van der Waals surface area (Å²) in [6, 6.07) is 10.7. The first-order valence-electron chi connectivity index (χ1n) is 8.15. The molecule has 10 heteroatoms. The molecule has 144 valence electrons. The van der Waals surface area contributed by atoms with E-state index in [2.05, 4.69) is 10.6 Å². The highest BCUT2D eigenvalue weighted by Crippen LogP contribution is 2.25. The predicted octanol–water partition coefficient (Wildman–Crippen LogP) is 3.18. The van der Waals surface area contributed by atoms with Crippen LogP contribution in [0.1, 0.15) is 5.69 Å². The monoisotopic (exact) mass is 385 g/mol. The van der Waals surface area contributed by atoms with Crippen LogP contribution in [0.2, 0.25) is 0 Å². The largest absolute Gasteiger partial charge is 0.324 e. The minimum atomic E-state index is -0.860. The average Bonchev–Trinajstić information content (AvgIpc) is 2.87. The molecule has 0 fully saturated rings. The summed E-state index contributed by atoms with van der Waals surface area (Å²) < 4.78 is 16.2. The quantitative estimate of drug-likeness (QED) is 0.531. The molecule has 0 aliphatic carbocycles. The highest BCUT2D eigenvalue weighted by atomic mass is 19.1. The van der Waals surface area contributed by atoms with E-state index >= 15 is 0 Å². The number of nitrogens with one attached hydrogen (secondary N) is 2. The van der Waals surface area contributed by atoms with E-state index < -0.39 is 28.0 Å². The van der Waals surface area contributed by atoms with Crippen molar-refractivity contribution in [3.8, 4) is 5.69 Å². The zero-order valence-corrected chi connectivity index (χ0v) is 15.0. The number of nitrogens with zero attached hydrogens (tertiary/aromatic N) is 3. The number of nitro benzene ring substituents is 1. The molecule has 3 rings (SSSR count). The van der Waals surface area contributed by atoms with Gasteiger partial charge in [-0.2, -0.15) is 0 Å². The van der Waals surface area contributed by atoms with Gasteiger partial charge in [-0.15, -0.1) is 0 Å². The first-order valence-corrected chi connectivity index (χ1v) is 8.15. The van der Waals surface area contributed by atoms with Crippen LogP contribution in [0.15, 0.2) is 53.3 Å². The van der Waals surface area contributed by atoms with Crippen molar-refractivity contribution in [2.75, 3.05) is 10.6 Å². The first kappa shape index (κ1) is 18.8. The van der Waals surface area contributed by atoms with Crippen molar-refractivity contribution in [2.24, 2.45) is 7.05 Å². The van der Waals surface area contributed by atoms with E-state index in [0.29, 0.717) is 17.4 Å². The third-order valence-electron chi connectivity index (χ3n) is 4.20. The number of para-hydroxylation sites is 1. The van der Waals surface area contributed by atoms with Gasteiger partial charge in [-0.1, -0.05) is 18.2 Å². The number of halogens is 1. The molecule has 9 nitrogen and oxygen atoms in total. The summed E-state index contributed by atoms with van der Waals surface area (Å²) in [5, 5.41) is 15.7. The van der Waals surface area contributed by atoms with Crippen LogP contribution < -0.4 is 16.2 Å². The van der Waals surface area contributed by atoms with Gasteiger partial charge >= 0.3 is 6.03 Å². The van der Waals surface area contributed by atoms with Crippen LogP contribution in [-0.4, -0.2) is 20.3 Å². The summed E-state index contributed by atoms with van der Waals surface area (Å²) in [5.41, 5.74) is -0.135. The Morgan fingerprint density at radius 3 is 2.46 bits per heavy atom. The molecule has 0 unspecified atom stereocenters. The number of benzene rings is 2. The van der Waals surface area contributed by atoms with Crippen molar-refractivity contribution in [3.05, 3.63) is 80.5 Å². The van der Waals surface area contributed by atoms with Crippen molar-refractivity contribution in [1.29, 1.82) is 0 Å². The number of rotatable bonds is 4. The van der Waals surface area contributed by atoms with Crippen LogP contribution in [0.25, 0.3) is 5.69 Å². The number of carbonyl (C=O) groups is 1. The number of anilines is 2. The van der Waals surface area contributed by atoms with Gasteiger partial charge < -0.3 is 10.6 Å². The third-order valence-corrected chi connectivity index (χ3v) is 4.20. The SMILES string of the molecule is Cc1c(NC(=O)Nc2ccc(F)cc2[N+](=O)[O-])c(=O)n(-c2ccccc2)n1C. The standard InChI is InChI=1S/C18H16FN5O4/c1-11-16(17(25)23(22(11)2)13-6-4-3-5-7-13)21-18(26)20-14-9-8-12(19)10-15(14)24(27)28/h3-10H,1-2H3,(H2,20,21,26). The van der Waals surface area contributed by atoms with E-state index in [9.17, 15) is 24.1 Å². The summed E-state index contributed by atoms with van der Waals surface area (Å²) in [6.45, 7) is 1.65. The number of hydrogen-bond donors (Lipinski definition) is 2. The fourth-order valence-electron chi connectivity index (χ4n) is 2.74. The Morgan fingerprint density at radius 1 is 1.14 bits per heavy atom. The van der Waals surface area contributed by atoms with Gasteiger partial charge in [-0.3, -0.25) is 19.6 Å². The Kier molecular flexibility index (Phi) is 4.94. The van der Waals surface area contributed by atoms with Crippen LogP contribution in [0.5, 0.6) is 0 Å². The van der Waals surface area contributed by atoms with Crippen LogP contribution >= 0.6 is 0 Å². The van der Waals surface area contributed by atoms with Crippen LogP contribution in [-0.2, 0) is 7.05 Å². The molecule has 0 aliphatic rings. The summed E-state index contributed by atoms with van der Waals surface area (Å²) >= 11 is 0. The molecular formula is C18H16FN5O4. The zero-order valence-electron chi connectivity index (χ0n) is 15.0. The molecule has 0 saturated heterocycles. The Hall–Kier alpha value is -3.95. The summed E-state index contributed by atoms with van der Waals surface area (Å²) in [7, 11) is 1.66.